The summed E-state index contributed by atoms with van der Waals surface area (Å²) in [6.45, 7) is 0.222. The van der Waals surface area contributed by atoms with Crippen LogP contribution in [0.15, 0.2) is 53.1 Å². The number of alkyl halides is 3. The van der Waals surface area contributed by atoms with Gasteiger partial charge >= 0.3 is 6.18 Å². The Balaban J connectivity index is 1.44. The summed E-state index contributed by atoms with van der Waals surface area (Å²) in [5.41, 5.74) is -1.27. The number of fused-ring (bicyclic) bond motifs is 1. The molecule has 0 saturated carbocycles. The van der Waals surface area contributed by atoms with Crippen molar-refractivity contribution in [3.8, 4) is 11.5 Å². The summed E-state index contributed by atoms with van der Waals surface area (Å²) in [6, 6.07) is 8.97. The number of amides is 2. The lowest BCUT2D eigenvalue weighted by Crippen LogP contribution is -2.24. The fourth-order valence-corrected chi connectivity index (χ4v) is 3.34. The number of halogens is 4. The number of carbonyl (C=O) groups excluding carboxylic acids is 2. The molecule has 0 saturated heterocycles. The molecule has 3 N–H and O–H groups in total. The Morgan fingerprint density at radius 3 is 2.38 bits per heavy atom. The second kappa shape index (κ2) is 9.56. The smallest absolute Gasteiger partial charge is 0.418 e. The molecule has 12 heteroatoms. The number of hydrogen-bond acceptors (Lipinski definition) is 6. The molecule has 178 valence electrons. The van der Waals surface area contributed by atoms with Crippen LogP contribution >= 0.6 is 11.6 Å². The van der Waals surface area contributed by atoms with Gasteiger partial charge in [-0.25, -0.2) is 0 Å². The first kappa shape index (κ1) is 23.3. The molecular formula is C22H17ClF3N3O5. The monoisotopic (exact) mass is 495 g/mol. The second-order valence-corrected chi connectivity index (χ2v) is 7.47. The summed E-state index contributed by atoms with van der Waals surface area (Å²) >= 11 is 6.14. The Morgan fingerprint density at radius 2 is 1.71 bits per heavy atom. The molecule has 0 radical (unpaired) electrons. The highest BCUT2D eigenvalue weighted by atomic mass is 35.5. The number of nitrogens with one attached hydrogen (secondary N) is 3. The molecule has 3 aromatic rings. The molecule has 34 heavy (non-hydrogen) atoms. The molecule has 2 amide bonds. The number of hydrogen-bond donors (Lipinski definition) is 3. The SMILES string of the molecule is O=C(CNc1ccc(NC(=O)c2ccco2)cc1C(F)(F)F)Nc1cc2c(cc1Cl)OCCO2. The van der Waals surface area contributed by atoms with Crippen molar-refractivity contribution >= 4 is 40.5 Å². The van der Waals surface area contributed by atoms with Crippen molar-refractivity contribution in [3.63, 3.8) is 0 Å². The Labute approximate surface area is 196 Å². The van der Waals surface area contributed by atoms with Crippen molar-refractivity contribution in [1.29, 1.82) is 0 Å². The molecule has 1 aliphatic heterocycles. The van der Waals surface area contributed by atoms with Gasteiger partial charge in [0.25, 0.3) is 5.91 Å². The average Bonchev–Trinajstić information content (AvgIpc) is 3.33. The largest absolute Gasteiger partial charge is 0.486 e. The van der Waals surface area contributed by atoms with Crippen molar-refractivity contribution in [3.05, 3.63) is 65.1 Å². The van der Waals surface area contributed by atoms with Crippen LogP contribution in [0.1, 0.15) is 16.1 Å². The number of anilines is 3. The Morgan fingerprint density at radius 1 is 0.971 bits per heavy atom. The summed E-state index contributed by atoms with van der Waals surface area (Å²) in [7, 11) is 0. The zero-order valence-electron chi connectivity index (χ0n) is 17.3. The van der Waals surface area contributed by atoms with Crippen LogP contribution in [0, 0.1) is 0 Å². The zero-order chi connectivity index (χ0) is 24.3. The summed E-state index contributed by atoms with van der Waals surface area (Å²) < 4.78 is 56.6. The van der Waals surface area contributed by atoms with E-state index in [2.05, 4.69) is 16.0 Å². The summed E-state index contributed by atoms with van der Waals surface area (Å²) in [4.78, 5) is 24.4. The summed E-state index contributed by atoms with van der Waals surface area (Å²) in [5, 5.41) is 7.51. The number of furan rings is 1. The zero-order valence-corrected chi connectivity index (χ0v) is 18.0. The maximum absolute atomic E-state index is 13.6. The molecule has 0 spiro atoms. The van der Waals surface area contributed by atoms with Crippen molar-refractivity contribution in [2.24, 2.45) is 0 Å². The highest BCUT2D eigenvalue weighted by molar-refractivity contribution is 6.34. The molecule has 1 aliphatic rings. The van der Waals surface area contributed by atoms with Crippen molar-refractivity contribution in [2.75, 3.05) is 35.7 Å². The fourth-order valence-electron chi connectivity index (χ4n) is 3.14. The Kier molecular flexibility index (Phi) is 6.55. The van der Waals surface area contributed by atoms with Gasteiger partial charge in [0.15, 0.2) is 17.3 Å². The van der Waals surface area contributed by atoms with Gasteiger partial charge in [0, 0.05) is 23.5 Å². The molecule has 2 heterocycles. The maximum atomic E-state index is 13.6. The van der Waals surface area contributed by atoms with E-state index in [9.17, 15) is 22.8 Å². The maximum Gasteiger partial charge on any atom is 0.418 e. The van der Waals surface area contributed by atoms with Crippen LogP contribution in [-0.2, 0) is 11.0 Å². The highest BCUT2D eigenvalue weighted by Gasteiger charge is 2.34. The van der Waals surface area contributed by atoms with Gasteiger partial charge in [0.05, 0.1) is 29.1 Å². The molecule has 0 atom stereocenters. The lowest BCUT2D eigenvalue weighted by atomic mass is 10.1. The third-order valence-corrected chi connectivity index (χ3v) is 4.99. The van der Waals surface area contributed by atoms with E-state index < -0.39 is 30.1 Å². The van der Waals surface area contributed by atoms with Gasteiger partial charge in [-0.1, -0.05) is 11.6 Å². The summed E-state index contributed by atoms with van der Waals surface area (Å²) in [5.74, 6) is -0.562. The minimum Gasteiger partial charge on any atom is -0.486 e. The molecule has 8 nitrogen and oxygen atoms in total. The van der Waals surface area contributed by atoms with E-state index in [1.165, 1.54) is 36.6 Å². The van der Waals surface area contributed by atoms with Gasteiger partial charge < -0.3 is 29.8 Å². The van der Waals surface area contributed by atoms with E-state index >= 15 is 0 Å². The van der Waals surface area contributed by atoms with Crippen LogP contribution < -0.4 is 25.4 Å². The second-order valence-electron chi connectivity index (χ2n) is 7.07. The number of carbonyl (C=O) groups is 2. The lowest BCUT2D eigenvalue weighted by Gasteiger charge is -2.20. The van der Waals surface area contributed by atoms with Gasteiger partial charge in [0.2, 0.25) is 5.91 Å². The first-order chi connectivity index (χ1) is 16.2. The third-order valence-electron chi connectivity index (χ3n) is 4.67. The van der Waals surface area contributed by atoms with Crippen LogP contribution in [0.2, 0.25) is 5.02 Å². The fraction of sp³-hybridized carbons (Fsp3) is 0.182. The Hall–Kier alpha value is -3.86. The van der Waals surface area contributed by atoms with Crippen molar-refractivity contribution in [2.45, 2.75) is 6.18 Å². The third kappa shape index (κ3) is 5.37. The van der Waals surface area contributed by atoms with Crippen molar-refractivity contribution in [1.82, 2.24) is 0 Å². The van der Waals surface area contributed by atoms with E-state index in [4.69, 9.17) is 25.5 Å². The topological polar surface area (TPSA) is 102 Å². The highest BCUT2D eigenvalue weighted by Crippen LogP contribution is 2.38. The van der Waals surface area contributed by atoms with Gasteiger partial charge in [-0.05, 0) is 30.3 Å². The number of rotatable bonds is 6. The van der Waals surface area contributed by atoms with Crippen LogP contribution in [0.4, 0.5) is 30.2 Å². The van der Waals surface area contributed by atoms with Crippen LogP contribution in [-0.4, -0.2) is 31.6 Å². The molecule has 0 unspecified atom stereocenters. The van der Waals surface area contributed by atoms with E-state index in [1.807, 2.05) is 0 Å². The van der Waals surface area contributed by atoms with Crippen LogP contribution in [0.5, 0.6) is 11.5 Å². The molecule has 0 bridgehead atoms. The molecule has 1 aromatic heterocycles. The predicted octanol–water partition coefficient (Wildman–Crippen LogP) is 5.03. The molecule has 4 rings (SSSR count). The number of benzene rings is 2. The van der Waals surface area contributed by atoms with Gasteiger partial charge in [-0.3, -0.25) is 9.59 Å². The molecular weight excluding hydrogens is 479 g/mol. The lowest BCUT2D eigenvalue weighted by molar-refractivity contribution is -0.137. The van der Waals surface area contributed by atoms with Gasteiger partial charge in [0.1, 0.15) is 13.2 Å². The minimum absolute atomic E-state index is 0.0507. The van der Waals surface area contributed by atoms with Crippen LogP contribution in [0.25, 0.3) is 0 Å². The number of ether oxygens (including phenoxy) is 2. The first-order valence-corrected chi connectivity index (χ1v) is 10.3. The van der Waals surface area contributed by atoms with Crippen molar-refractivity contribution < 1.29 is 36.7 Å². The summed E-state index contributed by atoms with van der Waals surface area (Å²) in [6.07, 6.45) is -3.48. The molecule has 0 fully saturated rings. The van der Waals surface area contributed by atoms with Crippen LogP contribution in [0.3, 0.4) is 0 Å². The van der Waals surface area contributed by atoms with E-state index in [-0.39, 0.29) is 27.8 Å². The van der Waals surface area contributed by atoms with Gasteiger partial charge in [-0.2, -0.15) is 13.2 Å². The standard InChI is InChI=1S/C22H17ClF3N3O5/c23-14-9-18-19(34-7-6-33-18)10-16(14)29-20(30)11-27-15-4-3-12(8-13(15)22(24,25)26)28-21(31)17-2-1-5-32-17/h1-5,8-10,27H,6-7,11H2,(H,28,31)(H,29,30). The average molecular weight is 496 g/mol. The van der Waals surface area contributed by atoms with E-state index in [0.29, 0.717) is 24.7 Å². The molecule has 0 aliphatic carbocycles. The van der Waals surface area contributed by atoms with E-state index in [1.54, 1.807) is 0 Å². The van der Waals surface area contributed by atoms with Gasteiger partial charge in [-0.15, -0.1) is 0 Å². The Bertz CT molecular complexity index is 1220. The minimum atomic E-state index is -4.75. The predicted molar refractivity (Wildman–Crippen MR) is 118 cm³/mol. The quantitative estimate of drug-likeness (QED) is 0.443. The first-order valence-electron chi connectivity index (χ1n) is 9.89. The van der Waals surface area contributed by atoms with E-state index in [0.717, 1.165) is 12.1 Å². The molecule has 2 aromatic carbocycles. The normalized spacial score (nSPS) is 12.7.